The molecule has 0 aliphatic heterocycles. The molecule has 0 saturated heterocycles. The SMILES string of the molecule is CC(C)C(NC(=O)Cc1ccccc1)C(=O)Nc1nc(-c2ccccc2)c(-c2nccn2C)s1. The summed E-state index contributed by atoms with van der Waals surface area (Å²) in [6.07, 6.45) is 3.83. The smallest absolute Gasteiger partial charge is 0.248 e. The van der Waals surface area contributed by atoms with E-state index in [4.69, 9.17) is 4.98 Å². The Morgan fingerprint density at radius 2 is 1.71 bits per heavy atom. The molecule has 4 aromatic rings. The van der Waals surface area contributed by atoms with Crippen LogP contribution in [0.3, 0.4) is 0 Å². The van der Waals surface area contributed by atoms with Crippen LogP contribution in [-0.2, 0) is 23.1 Å². The maximum atomic E-state index is 13.2. The van der Waals surface area contributed by atoms with Gasteiger partial charge in [-0.05, 0) is 11.5 Å². The number of benzene rings is 2. The lowest BCUT2D eigenvalue weighted by Crippen LogP contribution is -2.47. The first kappa shape index (κ1) is 23.4. The molecule has 0 radical (unpaired) electrons. The Morgan fingerprint density at radius 1 is 1.03 bits per heavy atom. The molecule has 2 aromatic carbocycles. The van der Waals surface area contributed by atoms with E-state index >= 15 is 0 Å². The number of carbonyl (C=O) groups is 2. The van der Waals surface area contributed by atoms with Crippen LogP contribution in [0.4, 0.5) is 5.13 Å². The maximum Gasteiger partial charge on any atom is 0.248 e. The molecule has 174 valence electrons. The van der Waals surface area contributed by atoms with Crippen LogP contribution in [0.15, 0.2) is 73.1 Å². The first-order chi connectivity index (χ1) is 16.4. The number of hydrogen-bond donors (Lipinski definition) is 2. The second kappa shape index (κ2) is 10.4. The van der Waals surface area contributed by atoms with E-state index in [1.165, 1.54) is 11.3 Å². The van der Waals surface area contributed by atoms with Crippen LogP contribution in [0.2, 0.25) is 0 Å². The number of rotatable bonds is 8. The second-order valence-electron chi connectivity index (χ2n) is 8.37. The molecule has 7 nitrogen and oxygen atoms in total. The van der Waals surface area contributed by atoms with Crippen LogP contribution in [0.25, 0.3) is 22.0 Å². The van der Waals surface area contributed by atoms with Crippen molar-refractivity contribution in [3.8, 4) is 22.0 Å². The normalized spacial score (nSPS) is 11.9. The number of nitrogens with zero attached hydrogens (tertiary/aromatic N) is 3. The van der Waals surface area contributed by atoms with Crippen molar-refractivity contribution in [1.29, 1.82) is 0 Å². The zero-order valence-corrected chi connectivity index (χ0v) is 20.2. The van der Waals surface area contributed by atoms with Crippen molar-refractivity contribution in [2.45, 2.75) is 26.3 Å². The first-order valence-electron chi connectivity index (χ1n) is 11.1. The van der Waals surface area contributed by atoms with Gasteiger partial charge >= 0.3 is 0 Å². The van der Waals surface area contributed by atoms with Gasteiger partial charge in [0.1, 0.15) is 6.04 Å². The molecule has 1 unspecified atom stereocenters. The summed E-state index contributed by atoms with van der Waals surface area (Å²) in [6, 6.07) is 18.6. The molecule has 0 spiro atoms. The molecule has 2 amide bonds. The highest BCUT2D eigenvalue weighted by Gasteiger charge is 2.26. The second-order valence-corrected chi connectivity index (χ2v) is 9.36. The van der Waals surface area contributed by atoms with E-state index in [-0.39, 0.29) is 24.2 Å². The van der Waals surface area contributed by atoms with Gasteiger partial charge < -0.3 is 15.2 Å². The summed E-state index contributed by atoms with van der Waals surface area (Å²) < 4.78 is 1.92. The standard InChI is InChI=1S/C26H27N5O2S/c1-17(2)21(28-20(32)16-18-10-6-4-7-11-18)25(33)30-26-29-22(19-12-8-5-9-13-19)23(34-26)24-27-14-15-31(24)3/h4-15,17,21H,16H2,1-3H3,(H,28,32)(H,29,30,33). The quantitative estimate of drug-likeness (QED) is 0.393. The molecule has 4 rings (SSSR count). The van der Waals surface area contributed by atoms with Gasteiger partial charge in [-0.3, -0.25) is 9.59 Å². The third-order valence-corrected chi connectivity index (χ3v) is 6.37. The van der Waals surface area contributed by atoms with Gasteiger partial charge in [-0.15, -0.1) is 0 Å². The molecule has 0 saturated carbocycles. The predicted octanol–water partition coefficient (Wildman–Crippen LogP) is 4.53. The zero-order valence-electron chi connectivity index (χ0n) is 19.4. The Hall–Kier alpha value is -3.78. The van der Waals surface area contributed by atoms with Gasteiger partial charge in [-0.2, -0.15) is 0 Å². The predicted molar refractivity (Wildman–Crippen MR) is 135 cm³/mol. The Labute approximate surface area is 202 Å². The lowest BCUT2D eigenvalue weighted by molar-refractivity contribution is -0.127. The van der Waals surface area contributed by atoms with Crippen molar-refractivity contribution in [2.75, 3.05) is 5.32 Å². The Bertz CT molecular complexity index is 1260. The molecular formula is C26H27N5O2S. The number of aromatic nitrogens is 3. The van der Waals surface area contributed by atoms with E-state index in [0.717, 1.165) is 27.5 Å². The fourth-order valence-corrected chi connectivity index (χ4v) is 4.66. The highest BCUT2D eigenvalue weighted by molar-refractivity contribution is 7.19. The van der Waals surface area contributed by atoms with Crippen LogP contribution in [0.5, 0.6) is 0 Å². The summed E-state index contributed by atoms with van der Waals surface area (Å²) in [4.78, 5) is 35.8. The number of amides is 2. The molecular weight excluding hydrogens is 446 g/mol. The topological polar surface area (TPSA) is 88.9 Å². The first-order valence-corrected chi connectivity index (χ1v) is 11.9. The third-order valence-electron chi connectivity index (χ3n) is 5.40. The minimum absolute atomic E-state index is 0.0951. The molecule has 0 aliphatic carbocycles. The van der Waals surface area contributed by atoms with Crippen LogP contribution in [0, 0.1) is 5.92 Å². The number of carbonyl (C=O) groups excluding carboxylic acids is 2. The van der Waals surface area contributed by atoms with Crippen molar-refractivity contribution >= 4 is 28.3 Å². The monoisotopic (exact) mass is 473 g/mol. The molecule has 0 fully saturated rings. The zero-order chi connectivity index (χ0) is 24.1. The largest absolute Gasteiger partial charge is 0.344 e. The molecule has 34 heavy (non-hydrogen) atoms. The summed E-state index contributed by atoms with van der Waals surface area (Å²) in [7, 11) is 1.92. The van der Waals surface area contributed by atoms with Gasteiger partial charge in [0, 0.05) is 25.0 Å². The lowest BCUT2D eigenvalue weighted by Gasteiger charge is -2.21. The van der Waals surface area contributed by atoms with E-state index in [2.05, 4.69) is 15.6 Å². The maximum absolute atomic E-state index is 13.2. The van der Waals surface area contributed by atoms with Gasteiger partial charge in [0.2, 0.25) is 11.8 Å². The van der Waals surface area contributed by atoms with Gasteiger partial charge in [0.05, 0.1) is 17.0 Å². The van der Waals surface area contributed by atoms with E-state index in [1.807, 2.05) is 92.3 Å². The van der Waals surface area contributed by atoms with Crippen molar-refractivity contribution in [3.63, 3.8) is 0 Å². The van der Waals surface area contributed by atoms with Crippen LogP contribution in [-0.4, -0.2) is 32.4 Å². The van der Waals surface area contributed by atoms with E-state index in [9.17, 15) is 9.59 Å². The molecule has 1 atom stereocenters. The average Bonchev–Trinajstić information content (AvgIpc) is 3.44. The lowest BCUT2D eigenvalue weighted by atomic mass is 10.0. The molecule has 0 bridgehead atoms. The minimum Gasteiger partial charge on any atom is -0.344 e. The summed E-state index contributed by atoms with van der Waals surface area (Å²) in [5, 5.41) is 6.27. The highest BCUT2D eigenvalue weighted by atomic mass is 32.1. The minimum atomic E-state index is -0.683. The molecule has 2 N–H and O–H groups in total. The summed E-state index contributed by atoms with van der Waals surface area (Å²) >= 11 is 1.37. The molecule has 2 heterocycles. The summed E-state index contributed by atoms with van der Waals surface area (Å²) in [5.41, 5.74) is 2.59. The van der Waals surface area contributed by atoms with E-state index < -0.39 is 6.04 Å². The number of anilines is 1. The fourth-order valence-electron chi connectivity index (χ4n) is 3.63. The molecule has 2 aromatic heterocycles. The van der Waals surface area contributed by atoms with E-state index in [0.29, 0.717) is 5.13 Å². The van der Waals surface area contributed by atoms with Crippen molar-refractivity contribution < 1.29 is 9.59 Å². The van der Waals surface area contributed by atoms with Gasteiger partial charge in [-0.25, -0.2) is 9.97 Å². The van der Waals surface area contributed by atoms with Crippen molar-refractivity contribution in [3.05, 3.63) is 78.6 Å². The van der Waals surface area contributed by atoms with Crippen LogP contribution in [0.1, 0.15) is 19.4 Å². The van der Waals surface area contributed by atoms with Gasteiger partial charge in [0.15, 0.2) is 11.0 Å². The number of hydrogen-bond acceptors (Lipinski definition) is 5. The number of nitrogens with one attached hydrogen (secondary N) is 2. The third kappa shape index (κ3) is 5.40. The van der Waals surface area contributed by atoms with Crippen LogP contribution < -0.4 is 10.6 Å². The van der Waals surface area contributed by atoms with E-state index in [1.54, 1.807) is 6.20 Å². The summed E-state index contributed by atoms with van der Waals surface area (Å²) in [6.45, 7) is 3.81. The molecule has 0 aliphatic rings. The van der Waals surface area contributed by atoms with Crippen molar-refractivity contribution in [1.82, 2.24) is 19.9 Å². The van der Waals surface area contributed by atoms with Gasteiger partial charge in [0.25, 0.3) is 0 Å². The Morgan fingerprint density at radius 3 is 2.32 bits per heavy atom. The van der Waals surface area contributed by atoms with Gasteiger partial charge in [-0.1, -0.05) is 85.8 Å². The fraction of sp³-hybridized carbons (Fsp3) is 0.231. The molecule has 8 heteroatoms. The van der Waals surface area contributed by atoms with Crippen LogP contribution >= 0.6 is 11.3 Å². The summed E-state index contributed by atoms with van der Waals surface area (Å²) in [5.74, 6) is 0.185. The average molecular weight is 474 g/mol. The van der Waals surface area contributed by atoms with Crippen molar-refractivity contribution in [2.24, 2.45) is 13.0 Å². The Kier molecular flexibility index (Phi) is 7.18. The number of imidazole rings is 1. The highest BCUT2D eigenvalue weighted by Crippen LogP contribution is 2.38. The number of thiazole rings is 1. The Balaban J connectivity index is 1.55. The number of aryl methyl sites for hydroxylation is 1.